The molecule has 0 saturated carbocycles. The van der Waals surface area contributed by atoms with Crippen molar-refractivity contribution in [3.05, 3.63) is 23.8 Å². The van der Waals surface area contributed by atoms with E-state index in [-0.39, 0.29) is 17.9 Å². The van der Waals surface area contributed by atoms with Crippen molar-refractivity contribution in [2.24, 2.45) is 5.92 Å². The normalized spacial score (nSPS) is 15.9. The van der Waals surface area contributed by atoms with Crippen LogP contribution in [-0.4, -0.2) is 28.2 Å². The molecule has 1 aliphatic heterocycles. The van der Waals surface area contributed by atoms with Gasteiger partial charge in [-0.05, 0) is 24.1 Å². The number of hydrogen-bond donors (Lipinski definition) is 5. The Kier molecular flexibility index (Phi) is 3.34. The number of hydrogen-bond acceptors (Lipinski definition) is 6. The molecule has 1 aromatic carbocycles. The highest BCUT2D eigenvalue weighted by Gasteiger charge is 2.34. The van der Waals surface area contributed by atoms with Crippen molar-refractivity contribution < 1.29 is 24.7 Å². The Morgan fingerprint density at radius 1 is 1.16 bits per heavy atom. The van der Waals surface area contributed by atoms with Crippen molar-refractivity contribution in [3.63, 3.8) is 0 Å². The van der Waals surface area contributed by atoms with E-state index in [4.69, 9.17) is 5.21 Å². The Morgan fingerprint density at radius 3 is 2.37 bits per heavy atom. The van der Waals surface area contributed by atoms with Crippen molar-refractivity contribution in [2.45, 2.75) is 6.42 Å². The van der Waals surface area contributed by atoms with Gasteiger partial charge in [0.25, 0.3) is 0 Å². The van der Waals surface area contributed by atoms with E-state index in [0.29, 0.717) is 5.56 Å². The maximum absolute atomic E-state index is 11.5. The van der Waals surface area contributed by atoms with Crippen molar-refractivity contribution in [3.8, 4) is 5.75 Å². The molecule has 1 fully saturated rings. The number of barbiturate groups is 1. The van der Waals surface area contributed by atoms with Gasteiger partial charge in [-0.1, -0.05) is 6.07 Å². The number of amides is 4. The van der Waals surface area contributed by atoms with Gasteiger partial charge >= 0.3 is 6.03 Å². The minimum atomic E-state index is -1.03. The van der Waals surface area contributed by atoms with Crippen molar-refractivity contribution in [2.75, 3.05) is 5.48 Å². The Hall–Kier alpha value is -2.61. The van der Waals surface area contributed by atoms with Crippen LogP contribution in [0.3, 0.4) is 0 Å². The van der Waals surface area contributed by atoms with Crippen LogP contribution >= 0.6 is 0 Å². The number of benzene rings is 1. The summed E-state index contributed by atoms with van der Waals surface area (Å²) in [5.74, 6) is -2.56. The van der Waals surface area contributed by atoms with Crippen LogP contribution in [0.1, 0.15) is 5.56 Å². The van der Waals surface area contributed by atoms with Gasteiger partial charge in [-0.15, -0.1) is 0 Å². The lowest BCUT2D eigenvalue weighted by atomic mass is 9.96. The first kappa shape index (κ1) is 12.8. The predicted octanol–water partition coefficient (Wildman–Crippen LogP) is -0.282. The van der Waals surface area contributed by atoms with Crippen LogP contribution in [0.2, 0.25) is 0 Å². The third-order valence-electron chi connectivity index (χ3n) is 2.73. The fraction of sp³-hybridized carbons (Fsp3) is 0.182. The quantitative estimate of drug-likeness (QED) is 0.290. The minimum absolute atomic E-state index is 0.0416. The highest BCUT2D eigenvalue weighted by Crippen LogP contribution is 2.25. The summed E-state index contributed by atoms with van der Waals surface area (Å²) in [6.45, 7) is 0. The molecule has 0 bridgehead atoms. The molecule has 2 rings (SSSR count). The average Bonchev–Trinajstić information content (AvgIpc) is 2.35. The Morgan fingerprint density at radius 2 is 1.79 bits per heavy atom. The van der Waals surface area contributed by atoms with Gasteiger partial charge < -0.3 is 5.11 Å². The molecule has 100 valence electrons. The largest absolute Gasteiger partial charge is 0.506 e. The van der Waals surface area contributed by atoms with E-state index in [1.54, 1.807) is 5.48 Å². The summed E-state index contributed by atoms with van der Waals surface area (Å²) in [7, 11) is 0. The second kappa shape index (κ2) is 4.94. The predicted molar refractivity (Wildman–Crippen MR) is 62.4 cm³/mol. The lowest BCUT2D eigenvalue weighted by Gasteiger charge is -2.20. The van der Waals surface area contributed by atoms with E-state index >= 15 is 0 Å². The fourth-order valence-electron chi connectivity index (χ4n) is 1.77. The Bertz CT molecular complexity index is 537. The van der Waals surface area contributed by atoms with Gasteiger partial charge in [0.1, 0.15) is 17.4 Å². The molecular weight excluding hydrogens is 254 g/mol. The molecule has 8 nitrogen and oxygen atoms in total. The van der Waals surface area contributed by atoms with E-state index in [1.165, 1.54) is 18.2 Å². The summed E-state index contributed by atoms with van der Waals surface area (Å²) in [6.07, 6.45) is 0.0416. The molecule has 4 amide bonds. The first-order chi connectivity index (χ1) is 9.01. The number of phenols is 1. The number of rotatable bonds is 3. The summed E-state index contributed by atoms with van der Waals surface area (Å²) < 4.78 is 0. The maximum Gasteiger partial charge on any atom is 0.328 e. The number of phenolic OH excluding ortho intramolecular Hbond substituents is 1. The van der Waals surface area contributed by atoms with Crippen LogP contribution in [0.5, 0.6) is 5.75 Å². The smallest absolute Gasteiger partial charge is 0.328 e. The van der Waals surface area contributed by atoms with Crippen LogP contribution in [0.25, 0.3) is 0 Å². The van der Waals surface area contributed by atoms with Gasteiger partial charge in [0.2, 0.25) is 11.8 Å². The number of carbonyl (C=O) groups excluding carboxylic acids is 3. The molecule has 5 N–H and O–H groups in total. The molecule has 1 aromatic rings. The SMILES string of the molecule is O=C1NC(=O)C(Cc2ccc(O)c(NO)c2)C(=O)N1. The molecule has 1 saturated heterocycles. The standard InChI is InChI=1S/C11H11N3O5/c15-8-2-1-5(4-7(8)14-19)3-6-9(16)12-11(18)13-10(6)17/h1-2,4,6,14-15,19H,3H2,(H2,12,13,16,17,18). The van der Waals surface area contributed by atoms with E-state index < -0.39 is 23.8 Å². The number of imide groups is 2. The summed E-state index contributed by atoms with van der Waals surface area (Å²) in [4.78, 5) is 34.0. The molecule has 1 heterocycles. The first-order valence-electron chi connectivity index (χ1n) is 5.39. The van der Waals surface area contributed by atoms with Crippen LogP contribution in [-0.2, 0) is 16.0 Å². The molecule has 0 aromatic heterocycles. The second-order valence-corrected chi connectivity index (χ2v) is 4.03. The third-order valence-corrected chi connectivity index (χ3v) is 2.73. The van der Waals surface area contributed by atoms with Crippen molar-refractivity contribution in [1.82, 2.24) is 10.6 Å². The topological polar surface area (TPSA) is 128 Å². The van der Waals surface area contributed by atoms with Gasteiger partial charge in [0, 0.05) is 0 Å². The van der Waals surface area contributed by atoms with Crippen LogP contribution in [0.4, 0.5) is 10.5 Å². The number of anilines is 1. The summed E-state index contributed by atoms with van der Waals surface area (Å²) in [6, 6.07) is 3.38. The Balaban J connectivity index is 2.18. The van der Waals surface area contributed by atoms with E-state index in [0.717, 1.165) is 0 Å². The van der Waals surface area contributed by atoms with Gasteiger partial charge in [0.05, 0.1) is 0 Å². The molecule has 0 radical (unpaired) electrons. The van der Waals surface area contributed by atoms with Gasteiger partial charge in [-0.25, -0.2) is 4.79 Å². The fourth-order valence-corrected chi connectivity index (χ4v) is 1.77. The molecule has 0 aliphatic carbocycles. The lowest BCUT2D eigenvalue weighted by Crippen LogP contribution is -2.56. The summed E-state index contributed by atoms with van der Waals surface area (Å²) in [5, 5.41) is 22.1. The number of aromatic hydroxyl groups is 1. The zero-order valence-electron chi connectivity index (χ0n) is 9.64. The lowest BCUT2D eigenvalue weighted by molar-refractivity contribution is -0.135. The van der Waals surface area contributed by atoms with E-state index in [9.17, 15) is 19.5 Å². The highest BCUT2D eigenvalue weighted by atomic mass is 16.5. The van der Waals surface area contributed by atoms with Gasteiger partial charge in [-0.2, -0.15) is 0 Å². The van der Waals surface area contributed by atoms with E-state index in [2.05, 4.69) is 0 Å². The van der Waals surface area contributed by atoms with E-state index in [1.807, 2.05) is 10.6 Å². The third kappa shape index (κ3) is 2.63. The number of nitrogens with one attached hydrogen (secondary N) is 3. The number of urea groups is 1. The molecule has 0 unspecified atom stereocenters. The molecule has 0 atom stereocenters. The van der Waals surface area contributed by atoms with Crippen LogP contribution < -0.4 is 16.1 Å². The van der Waals surface area contributed by atoms with Gasteiger partial charge in [-0.3, -0.25) is 30.9 Å². The summed E-state index contributed by atoms with van der Waals surface area (Å²) >= 11 is 0. The molecule has 19 heavy (non-hydrogen) atoms. The molecule has 8 heteroatoms. The summed E-state index contributed by atoms with van der Waals surface area (Å²) in [5.41, 5.74) is 2.40. The Labute approximate surface area is 107 Å². The first-order valence-corrected chi connectivity index (χ1v) is 5.39. The van der Waals surface area contributed by atoms with Crippen molar-refractivity contribution >= 4 is 23.5 Å². The monoisotopic (exact) mass is 265 g/mol. The molecule has 0 spiro atoms. The van der Waals surface area contributed by atoms with Crippen molar-refractivity contribution in [1.29, 1.82) is 0 Å². The van der Waals surface area contributed by atoms with Crippen LogP contribution in [0.15, 0.2) is 18.2 Å². The molecule has 1 aliphatic rings. The van der Waals surface area contributed by atoms with Gasteiger partial charge in [0.15, 0.2) is 0 Å². The highest BCUT2D eigenvalue weighted by molar-refractivity contribution is 6.16. The molecular formula is C11H11N3O5. The van der Waals surface area contributed by atoms with Crippen LogP contribution in [0, 0.1) is 5.92 Å². The maximum atomic E-state index is 11.5. The zero-order chi connectivity index (χ0) is 14.0. The minimum Gasteiger partial charge on any atom is -0.506 e. The second-order valence-electron chi connectivity index (χ2n) is 4.03. The zero-order valence-corrected chi connectivity index (χ0v) is 9.64. The number of carbonyl (C=O) groups is 3. The average molecular weight is 265 g/mol.